The average molecular weight is 462 g/mol. The Hall–Kier alpha value is -4.11. The number of nitrogens with zero attached hydrogens (tertiary/aromatic N) is 3. The number of rotatable bonds is 5. The van der Waals surface area contributed by atoms with Crippen molar-refractivity contribution >= 4 is 22.1 Å². The van der Waals surface area contributed by atoms with Crippen LogP contribution in [0.3, 0.4) is 0 Å². The number of hydrogen-bond acceptors (Lipinski definition) is 6. The molecule has 1 aromatic heterocycles. The first kappa shape index (κ1) is 22.6. The summed E-state index contributed by atoms with van der Waals surface area (Å²) in [6.45, 7) is 0. The van der Waals surface area contributed by atoms with Gasteiger partial charge in [0.05, 0.1) is 22.2 Å². The van der Waals surface area contributed by atoms with E-state index in [4.69, 9.17) is 5.26 Å². The fraction of sp³-hybridized carbons (Fsp3) is 0.0500. The monoisotopic (exact) mass is 462 g/mol. The van der Waals surface area contributed by atoms with E-state index in [1.165, 1.54) is 30.5 Å². The van der Waals surface area contributed by atoms with Crippen molar-refractivity contribution in [3.63, 3.8) is 0 Å². The molecule has 3 aromatic rings. The van der Waals surface area contributed by atoms with Gasteiger partial charge in [-0.1, -0.05) is 0 Å². The quantitative estimate of drug-likeness (QED) is 0.445. The summed E-state index contributed by atoms with van der Waals surface area (Å²) < 4.78 is 63.9. The Kier molecular flexibility index (Phi) is 6.04. The van der Waals surface area contributed by atoms with Gasteiger partial charge >= 0.3 is 6.18 Å². The van der Waals surface area contributed by atoms with Crippen molar-refractivity contribution in [2.45, 2.75) is 11.1 Å². The summed E-state index contributed by atoms with van der Waals surface area (Å²) in [5.74, 6) is -0.947. The number of hydrogen-bond donors (Lipinski definition) is 2. The fourth-order valence-corrected chi connectivity index (χ4v) is 3.76. The summed E-state index contributed by atoms with van der Waals surface area (Å²) in [6.07, 6.45) is -1.09. The van der Waals surface area contributed by atoms with E-state index in [0.717, 1.165) is 28.5 Å². The van der Waals surface area contributed by atoms with Crippen LogP contribution in [0.5, 0.6) is 5.75 Å². The first-order chi connectivity index (χ1) is 15.0. The lowest BCUT2D eigenvalue weighted by atomic mass is 10.1. The van der Waals surface area contributed by atoms with E-state index in [0.29, 0.717) is 12.1 Å². The van der Waals surface area contributed by atoms with Gasteiger partial charge < -0.3 is 5.11 Å². The number of aromatic hydroxyl groups is 1. The number of nitrogens with one attached hydrogen (secondary N) is 1. The van der Waals surface area contributed by atoms with E-state index >= 15 is 0 Å². The molecule has 0 unspecified atom stereocenters. The van der Waals surface area contributed by atoms with Gasteiger partial charge in [0, 0.05) is 23.5 Å². The molecule has 0 saturated carbocycles. The Bertz CT molecular complexity index is 1340. The second-order valence-electron chi connectivity index (χ2n) is 6.34. The van der Waals surface area contributed by atoms with E-state index in [2.05, 4.69) is 10.5 Å². The number of carbonyl (C=O) groups excluding carboxylic acids is 1. The Labute approximate surface area is 179 Å². The van der Waals surface area contributed by atoms with Crippen LogP contribution < -0.4 is 5.43 Å². The maximum atomic E-state index is 12.7. The molecule has 0 radical (unpaired) electrons. The number of phenolic OH excluding ortho intramolecular Hbond substituents is 1. The minimum absolute atomic E-state index is 0.0685. The Morgan fingerprint density at radius 2 is 1.84 bits per heavy atom. The first-order valence-electron chi connectivity index (χ1n) is 8.70. The lowest BCUT2D eigenvalue weighted by molar-refractivity contribution is -0.137. The number of nitriles is 1. The molecule has 0 spiro atoms. The van der Waals surface area contributed by atoms with Crippen LogP contribution in [-0.4, -0.2) is 29.6 Å². The second-order valence-corrected chi connectivity index (χ2v) is 8.19. The van der Waals surface area contributed by atoms with Crippen molar-refractivity contribution < 1.29 is 31.5 Å². The third-order valence-electron chi connectivity index (χ3n) is 4.21. The van der Waals surface area contributed by atoms with Crippen molar-refractivity contribution in [3.05, 3.63) is 83.2 Å². The normalized spacial score (nSPS) is 11.9. The van der Waals surface area contributed by atoms with E-state index in [1.54, 1.807) is 6.07 Å². The van der Waals surface area contributed by atoms with E-state index < -0.39 is 27.7 Å². The van der Waals surface area contributed by atoms with Crippen LogP contribution >= 0.6 is 0 Å². The number of benzene rings is 2. The molecule has 8 nitrogen and oxygen atoms in total. The van der Waals surface area contributed by atoms with Crippen LogP contribution in [0.4, 0.5) is 13.2 Å². The molecule has 0 aliphatic rings. The standard InChI is InChI=1S/C20H13F3N4O4S/c21-20(22,23)16-2-4-17(5-3-16)32(30,31)27-8-7-13(12-27)11-25-26-19(29)14-1-6-18(28)15(9-14)10-24/h1-9,11-12,28H,(H,26,29). The molecular weight excluding hydrogens is 449 g/mol. The van der Waals surface area contributed by atoms with Gasteiger partial charge in [-0.2, -0.15) is 23.5 Å². The van der Waals surface area contributed by atoms with Gasteiger partial charge in [0.2, 0.25) is 0 Å². The zero-order chi connectivity index (χ0) is 23.5. The van der Waals surface area contributed by atoms with Gasteiger partial charge in [-0.15, -0.1) is 0 Å². The van der Waals surface area contributed by atoms with Crippen molar-refractivity contribution in [2.75, 3.05) is 0 Å². The van der Waals surface area contributed by atoms with Gasteiger partial charge in [-0.25, -0.2) is 17.8 Å². The summed E-state index contributed by atoms with van der Waals surface area (Å²) in [5, 5.41) is 22.0. The van der Waals surface area contributed by atoms with Crippen molar-refractivity contribution in [2.24, 2.45) is 5.10 Å². The highest BCUT2D eigenvalue weighted by Gasteiger charge is 2.30. The smallest absolute Gasteiger partial charge is 0.416 e. The largest absolute Gasteiger partial charge is 0.507 e. The number of alkyl halides is 3. The van der Waals surface area contributed by atoms with Gasteiger partial charge in [-0.05, 0) is 48.5 Å². The maximum Gasteiger partial charge on any atom is 0.416 e. The minimum atomic E-state index is -4.58. The molecular formula is C20H13F3N4O4S. The van der Waals surface area contributed by atoms with E-state index in [9.17, 15) is 31.5 Å². The number of halogens is 3. The van der Waals surface area contributed by atoms with Crippen LogP contribution in [0.2, 0.25) is 0 Å². The molecule has 1 amide bonds. The molecule has 32 heavy (non-hydrogen) atoms. The number of hydrazone groups is 1. The molecule has 0 atom stereocenters. The second kappa shape index (κ2) is 8.56. The molecule has 0 fully saturated rings. The summed E-state index contributed by atoms with van der Waals surface area (Å²) in [7, 11) is -4.13. The fourth-order valence-electron chi connectivity index (χ4n) is 2.55. The maximum absolute atomic E-state index is 12.7. The van der Waals surface area contributed by atoms with Crippen LogP contribution in [-0.2, 0) is 16.2 Å². The van der Waals surface area contributed by atoms with Crippen molar-refractivity contribution in [1.82, 2.24) is 9.40 Å². The van der Waals surface area contributed by atoms with Gasteiger partial charge in [0.1, 0.15) is 11.8 Å². The zero-order valence-electron chi connectivity index (χ0n) is 15.9. The molecule has 0 bridgehead atoms. The predicted octanol–water partition coefficient (Wildman–Crippen LogP) is 3.09. The predicted molar refractivity (Wildman–Crippen MR) is 106 cm³/mol. The Balaban J connectivity index is 1.72. The van der Waals surface area contributed by atoms with E-state index in [1.807, 2.05) is 0 Å². The Morgan fingerprint density at radius 3 is 2.47 bits per heavy atom. The highest BCUT2D eigenvalue weighted by Crippen LogP contribution is 2.30. The summed E-state index contributed by atoms with van der Waals surface area (Å²) in [5.41, 5.74) is 1.48. The summed E-state index contributed by atoms with van der Waals surface area (Å²) >= 11 is 0. The highest BCUT2D eigenvalue weighted by molar-refractivity contribution is 7.90. The molecule has 164 valence electrons. The van der Waals surface area contributed by atoms with Crippen molar-refractivity contribution in [1.29, 1.82) is 5.26 Å². The molecule has 3 rings (SSSR count). The van der Waals surface area contributed by atoms with Crippen LogP contribution in [0, 0.1) is 11.3 Å². The molecule has 0 saturated heterocycles. The zero-order valence-corrected chi connectivity index (χ0v) is 16.7. The third-order valence-corrected chi connectivity index (χ3v) is 5.86. The van der Waals surface area contributed by atoms with Gasteiger partial charge in [0.15, 0.2) is 0 Å². The summed E-state index contributed by atoms with van der Waals surface area (Å²) in [6, 6.07) is 9.81. The first-order valence-corrected chi connectivity index (χ1v) is 10.1. The van der Waals surface area contributed by atoms with Crippen LogP contribution in [0.1, 0.15) is 27.0 Å². The topological polar surface area (TPSA) is 125 Å². The number of amides is 1. The molecule has 0 aliphatic carbocycles. The number of phenols is 1. The number of carbonyl (C=O) groups is 1. The van der Waals surface area contributed by atoms with Gasteiger partial charge in [-0.3, -0.25) is 4.79 Å². The third kappa shape index (κ3) is 4.79. The Morgan fingerprint density at radius 1 is 1.16 bits per heavy atom. The molecule has 2 aromatic carbocycles. The lowest BCUT2D eigenvalue weighted by Gasteiger charge is -2.09. The highest BCUT2D eigenvalue weighted by atomic mass is 32.2. The molecule has 1 heterocycles. The lowest BCUT2D eigenvalue weighted by Crippen LogP contribution is -2.17. The molecule has 12 heteroatoms. The van der Waals surface area contributed by atoms with Crippen molar-refractivity contribution in [3.8, 4) is 11.8 Å². The molecule has 2 N–H and O–H groups in total. The van der Waals surface area contributed by atoms with Crippen LogP contribution in [0.15, 0.2) is 70.9 Å². The minimum Gasteiger partial charge on any atom is -0.507 e. The van der Waals surface area contributed by atoms with Crippen LogP contribution in [0.25, 0.3) is 0 Å². The molecule has 0 aliphatic heterocycles. The SMILES string of the molecule is N#Cc1cc(C(=O)NN=Cc2ccn(S(=O)(=O)c3ccc(C(F)(F)F)cc3)c2)ccc1O. The average Bonchev–Trinajstić information content (AvgIpc) is 3.23. The summed E-state index contributed by atoms with van der Waals surface area (Å²) in [4.78, 5) is 11.7. The van der Waals surface area contributed by atoms with Gasteiger partial charge in [0.25, 0.3) is 15.9 Å². The van der Waals surface area contributed by atoms with E-state index in [-0.39, 0.29) is 27.3 Å². The number of aromatic nitrogens is 1.